The highest BCUT2D eigenvalue weighted by Crippen LogP contribution is 2.24. The molecule has 1 amide bonds. The van der Waals surface area contributed by atoms with Gasteiger partial charge in [0.1, 0.15) is 5.69 Å². The van der Waals surface area contributed by atoms with Crippen molar-refractivity contribution in [2.24, 2.45) is 0 Å². The smallest absolute Gasteiger partial charge is 0.270 e. The molecule has 2 aliphatic rings. The van der Waals surface area contributed by atoms with Crippen molar-refractivity contribution in [3.8, 4) is 0 Å². The Balaban J connectivity index is 1.46. The molecule has 0 bridgehead atoms. The van der Waals surface area contributed by atoms with Gasteiger partial charge in [0.25, 0.3) is 5.91 Å². The van der Waals surface area contributed by atoms with Crippen LogP contribution in [-0.4, -0.2) is 59.0 Å². The summed E-state index contributed by atoms with van der Waals surface area (Å²) in [7, 11) is 0. The largest absolute Gasteiger partial charge is 0.381 e. The fraction of sp³-hybridized carbons (Fsp3) is 0.571. The van der Waals surface area contributed by atoms with E-state index in [0.29, 0.717) is 17.8 Å². The molecule has 140 valence electrons. The molecule has 5 heteroatoms. The summed E-state index contributed by atoms with van der Waals surface area (Å²) in [5.74, 6) is 0.138. The lowest BCUT2D eigenvalue weighted by atomic mass is 10.1. The molecule has 0 saturated carbocycles. The Morgan fingerprint density at radius 1 is 1.15 bits per heavy atom. The SMILES string of the molecule is CC(C)N1CCC(Nc2ccc3[nH]c(C(=O)N4CCCCC4)cc3c2)C1. The first-order valence-electron chi connectivity index (χ1n) is 10.0. The predicted octanol–water partition coefficient (Wildman–Crippen LogP) is 3.69. The van der Waals surface area contributed by atoms with Crippen LogP contribution in [-0.2, 0) is 0 Å². The van der Waals surface area contributed by atoms with Crippen molar-refractivity contribution in [2.45, 2.75) is 51.6 Å². The van der Waals surface area contributed by atoms with E-state index in [4.69, 9.17) is 0 Å². The minimum absolute atomic E-state index is 0.138. The second kappa shape index (κ2) is 7.31. The van der Waals surface area contributed by atoms with Crippen LogP contribution in [0.5, 0.6) is 0 Å². The fourth-order valence-corrected chi connectivity index (χ4v) is 4.21. The number of fused-ring (bicyclic) bond motifs is 1. The maximum absolute atomic E-state index is 12.7. The molecule has 2 aromatic rings. The number of amides is 1. The van der Waals surface area contributed by atoms with Crippen LogP contribution >= 0.6 is 0 Å². The number of carbonyl (C=O) groups is 1. The summed E-state index contributed by atoms with van der Waals surface area (Å²) < 4.78 is 0. The summed E-state index contributed by atoms with van der Waals surface area (Å²) in [4.78, 5) is 20.5. The summed E-state index contributed by atoms with van der Waals surface area (Å²) in [6.45, 7) is 8.55. The van der Waals surface area contributed by atoms with Crippen LogP contribution in [0.1, 0.15) is 50.0 Å². The summed E-state index contributed by atoms with van der Waals surface area (Å²) in [5, 5.41) is 4.77. The van der Waals surface area contributed by atoms with E-state index >= 15 is 0 Å². The molecule has 0 aliphatic carbocycles. The summed E-state index contributed by atoms with van der Waals surface area (Å²) in [6, 6.07) is 9.48. The zero-order valence-corrected chi connectivity index (χ0v) is 15.9. The quantitative estimate of drug-likeness (QED) is 0.880. The first kappa shape index (κ1) is 17.4. The molecule has 3 heterocycles. The molecule has 2 saturated heterocycles. The number of nitrogens with one attached hydrogen (secondary N) is 2. The zero-order valence-electron chi connectivity index (χ0n) is 15.9. The minimum Gasteiger partial charge on any atom is -0.381 e. The van der Waals surface area contributed by atoms with Gasteiger partial charge in [-0.15, -0.1) is 0 Å². The molecular formula is C21H30N4O. The molecule has 2 aliphatic heterocycles. The van der Waals surface area contributed by atoms with Gasteiger partial charge in [-0.1, -0.05) is 0 Å². The van der Waals surface area contributed by atoms with Crippen molar-refractivity contribution < 1.29 is 4.79 Å². The fourth-order valence-electron chi connectivity index (χ4n) is 4.21. The van der Waals surface area contributed by atoms with Gasteiger partial charge in [0, 0.05) is 54.9 Å². The van der Waals surface area contributed by atoms with E-state index in [1.165, 1.54) is 12.8 Å². The van der Waals surface area contributed by atoms with Crippen molar-refractivity contribution >= 4 is 22.5 Å². The number of aromatic nitrogens is 1. The minimum atomic E-state index is 0.138. The topological polar surface area (TPSA) is 51.4 Å². The van der Waals surface area contributed by atoms with Gasteiger partial charge in [0.05, 0.1) is 0 Å². The third kappa shape index (κ3) is 3.58. The molecule has 1 atom stereocenters. The molecule has 26 heavy (non-hydrogen) atoms. The Morgan fingerprint density at radius 2 is 1.96 bits per heavy atom. The van der Waals surface area contributed by atoms with E-state index in [2.05, 4.69) is 47.2 Å². The Hall–Kier alpha value is -2.01. The number of carbonyl (C=O) groups excluding carboxylic acids is 1. The number of anilines is 1. The second-order valence-electron chi connectivity index (χ2n) is 8.06. The van der Waals surface area contributed by atoms with Gasteiger partial charge >= 0.3 is 0 Å². The number of piperidine rings is 1. The van der Waals surface area contributed by atoms with Crippen LogP contribution in [0.4, 0.5) is 5.69 Å². The van der Waals surface area contributed by atoms with Gasteiger partial charge in [-0.25, -0.2) is 0 Å². The van der Waals surface area contributed by atoms with Gasteiger partial charge in [-0.05, 0) is 63.8 Å². The van der Waals surface area contributed by atoms with Crippen molar-refractivity contribution in [3.63, 3.8) is 0 Å². The molecule has 0 spiro atoms. The lowest BCUT2D eigenvalue weighted by Gasteiger charge is -2.26. The van der Waals surface area contributed by atoms with Crippen molar-refractivity contribution in [2.75, 3.05) is 31.5 Å². The Kier molecular flexibility index (Phi) is 4.90. The molecule has 5 nitrogen and oxygen atoms in total. The molecule has 2 fully saturated rings. The zero-order chi connectivity index (χ0) is 18.1. The van der Waals surface area contributed by atoms with Crippen LogP contribution < -0.4 is 5.32 Å². The summed E-state index contributed by atoms with van der Waals surface area (Å²) in [5.41, 5.74) is 2.89. The van der Waals surface area contributed by atoms with E-state index in [1.54, 1.807) is 0 Å². The van der Waals surface area contributed by atoms with Crippen LogP contribution in [0.15, 0.2) is 24.3 Å². The van der Waals surface area contributed by atoms with Gasteiger partial charge in [-0.2, -0.15) is 0 Å². The molecule has 2 N–H and O–H groups in total. The highest BCUT2D eigenvalue weighted by atomic mass is 16.2. The Morgan fingerprint density at radius 3 is 2.69 bits per heavy atom. The number of nitrogens with zero attached hydrogens (tertiary/aromatic N) is 2. The van der Waals surface area contributed by atoms with Crippen LogP contribution in [0.2, 0.25) is 0 Å². The van der Waals surface area contributed by atoms with Crippen molar-refractivity contribution in [1.82, 2.24) is 14.8 Å². The monoisotopic (exact) mass is 354 g/mol. The molecule has 1 aromatic heterocycles. The van der Waals surface area contributed by atoms with E-state index in [1.807, 2.05) is 11.0 Å². The number of H-pyrrole nitrogens is 1. The lowest BCUT2D eigenvalue weighted by molar-refractivity contribution is 0.0719. The average molecular weight is 354 g/mol. The van der Waals surface area contributed by atoms with E-state index in [9.17, 15) is 4.79 Å². The normalized spacial score (nSPS) is 21.7. The summed E-state index contributed by atoms with van der Waals surface area (Å²) in [6.07, 6.45) is 4.66. The second-order valence-corrected chi connectivity index (χ2v) is 8.06. The third-order valence-corrected chi connectivity index (χ3v) is 5.82. The number of hydrogen-bond donors (Lipinski definition) is 2. The number of likely N-dealkylation sites (tertiary alicyclic amines) is 2. The third-order valence-electron chi connectivity index (χ3n) is 5.82. The predicted molar refractivity (Wildman–Crippen MR) is 107 cm³/mol. The first-order chi connectivity index (χ1) is 12.6. The molecule has 0 radical (unpaired) electrons. The highest BCUT2D eigenvalue weighted by Gasteiger charge is 2.24. The Labute approximate surface area is 155 Å². The lowest BCUT2D eigenvalue weighted by Crippen LogP contribution is -2.35. The van der Waals surface area contributed by atoms with E-state index in [-0.39, 0.29) is 5.91 Å². The van der Waals surface area contributed by atoms with Crippen molar-refractivity contribution in [1.29, 1.82) is 0 Å². The number of benzene rings is 1. The van der Waals surface area contributed by atoms with Gasteiger partial charge in [0.15, 0.2) is 0 Å². The van der Waals surface area contributed by atoms with Crippen LogP contribution in [0.3, 0.4) is 0 Å². The molecule has 1 unspecified atom stereocenters. The van der Waals surface area contributed by atoms with Crippen LogP contribution in [0.25, 0.3) is 10.9 Å². The molecule has 1 aromatic carbocycles. The van der Waals surface area contributed by atoms with Gasteiger partial charge in [-0.3, -0.25) is 9.69 Å². The first-order valence-corrected chi connectivity index (χ1v) is 10.0. The maximum atomic E-state index is 12.7. The molecule has 4 rings (SSSR count). The van der Waals surface area contributed by atoms with E-state index in [0.717, 1.165) is 55.6 Å². The highest BCUT2D eigenvalue weighted by molar-refractivity contribution is 5.98. The molecular weight excluding hydrogens is 324 g/mol. The van der Waals surface area contributed by atoms with Gasteiger partial charge < -0.3 is 15.2 Å². The average Bonchev–Trinajstić information content (AvgIpc) is 3.28. The van der Waals surface area contributed by atoms with Gasteiger partial charge in [0.2, 0.25) is 0 Å². The maximum Gasteiger partial charge on any atom is 0.270 e. The number of rotatable bonds is 4. The Bertz CT molecular complexity index is 775. The number of aromatic amines is 1. The van der Waals surface area contributed by atoms with Crippen LogP contribution in [0, 0.1) is 0 Å². The standard InChI is InChI=1S/C21H30N4O/c1-15(2)25-11-8-18(14-25)22-17-6-7-19-16(12-17)13-20(23-19)21(26)24-9-4-3-5-10-24/h6-7,12-13,15,18,22-23H,3-5,8-11,14H2,1-2H3. The number of hydrogen-bond acceptors (Lipinski definition) is 3. The van der Waals surface area contributed by atoms with E-state index < -0.39 is 0 Å². The van der Waals surface area contributed by atoms with Crippen molar-refractivity contribution in [3.05, 3.63) is 30.0 Å². The summed E-state index contributed by atoms with van der Waals surface area (Å²) >= 11 is 0.